The van der Waals surface area contributed by atoms with Crippen molar-refractivity contribution >= 4 is 12.6 Å². The molecule has 0 saturated carbocycles. The maximum absolute atomic E-state index is 8.14. The Morgan fingerprint density at radius 1 is 1.75 bits per heavy atom. The van der Waals surface area contributed by atoms with E-state index in [1.165, 1.54) is 5.40 Å². The lowest BCUT2D eigenvalue weighted by Gasteiger charge is -1.90. The van der Waals surface area contributed by atoms with Gasteiger partial charge in [0.1, 0.15) is 5.40 Å². The lowest BCUT2D eigenvalue weighted by molar-refractivity contribution is 0.248. The van der Waals surface area contributed by atoms with Crippen molar-refractivity contribution in [2.45, 2.75) is 13.8 Å². The van der Waals surface area contributed by atoms with Crippen LogP contribution in [-0.2, 0) is 0 Å². The molecular weight excluding hydrogens is 122 g/mol. The topological polar surface area (TPSA) is 44.0 Å². The molecule has 0 fully saturated rings. The first-order chi connectivity index (χ1) is 3.68. The van der Waals surface area contributed by atoms with Crippen molar-refractivity contribution in [2.75, 3.05) is 6.61 Å². The van der Waals surface area contributed by atoms with E-state index < -0.39 is 0 Å². The van der Waals surface area contributed by atoms with Crippen LogP contribution in [0.1, 0.15) is 13.8 Å². The third-order valence-corrected chi connectivity index (χ3v) is 0.365. The van der Waals surface area contributed by atoms with Gasteiger partial charge in [0.15, 0.2) is 0 Å². The summed E-state index contributed by atoms with van der Waals surface area (Å²) >= 11 is 3.09. The van der Waals surface area contributed by atoms with Crippen LogP contribution in [0.5, 0.6) is 0 Å². The molecule has 0 saturated heterocycles. The molecule has 0 atom stereocenters. The lowest BCUT2D eigenvalue weighted by atomic mass is 10.2. The summed E-state index contributed by atoms with van der Waals surface area (Å²) in [6, 6.07) is 0. The molecule has 0 radical (unpaired) electrons. The van der Waals surface area contributed by atoms with Crippen molar-refractivity contribution in [3.05, 3.63) is 0 Å². The van der Waals surface area contributed by atoms with E-state index in [1.807, 2.05) is 13.8 Å². The maximum atomic E-state index is 8.14. The molecule has 48 valence electrons. The van der Waals surface area contributed by atoms with Gasteiger partial charge in [-0.2, -0.15) is 5.26 Å². The zero-order valence-corrected chi connectivity index (χ0v) is 6.02. The Morgan fingerprint density at radius 2 is 1.88 bits per heavy atom. The van der Waals surface area contributed by atoms with Crippen molar-refractivity contribution in [1.29, 1.82) is 5.26 Å². The Bertz CT molecular complexity index is 67.3. The third-order valence-electron chi connectivity index (χ3n) is 0.365. The molecule has 0 heterocycles. The summed E-state index contributed by atoms with van der Waals surface area (Å²) in [6.45, 7) is 4.25. The SMILES string of the molecule is CC(C)CO.N#CS. The number of nitrogens with zero attached hydrogens (tertiary/aromatic N) is 1. The van der Waals surface area contributed by atoms with Gasteiger partial charge in [-0.15, -0.1) is 0 Å². The first-order valence-corrected chi connectivity index (χ1v) is 2.77. The number of thiocyanates is 1. The van der Waals surface area contributed by atoms with E-state index in [2.05, 4.69) is 12.6 Å². The number of hydrogen-bond donors (Lipinski definition) is 2. The quantitative estimate of drug-likeness (QED) is 0.414. The van der Waals surface area contributed by atoms with Gasteiger partial charge in [0.2, 0.25) is 0 Å². The van der Waals surface area contributed by atoms with Gasteiger partial charge in [0.05, 0.1) is 0 Å². The monoisotopic (exact) mass is 133 g/mol. The van der Waals surface area contributed by atoms with Crippen LogP contribution in [0.25, 0.3) is 0 Å². The van der Waals surface area contributed by atoms with Crippen LogP contribution in [0.4, 0.5) is 0 Å². The fourth-order valence-corrected chi connectivity index (χ4v) is 0. The fourth-order valence-electron chi connectivity index (χ4n) is 0. The number of aliphatic hydroxyl groups excluding tert-OH is 1. The summed E-state index contributed by atoms with van der Waals surface area (Å²) in [7, 11) is 0. The van der Waals surface area contributed by atoms with Crippen molar-refractivity contribution in [2.24, 2.45) is 5.92 Å². The summed E-state index contributed by atoms with van der Waals surface area (Å²) in [4.78, 5) is 0. The first-order valence-electron chi connectivity index (χ1n) is 2.33. The Kier molecular flexibility index (Phi) is 13.3. The minimum atomic E-state index is 0.306. The summed E-state index contributed by atoms with van der Waals surface area (Å²) in [6.07, 6.45) is 0. The molecule has 0 amide bonds. The largest absolute Gasteiger partial charge is 0.396 e. The smallest absolute Gasteiger partial charge is 0.130 e. The van der Waals surface area contributed by atoms with Crippen LogP contribution < -0.4 is 0 Å². The van der Waals surface area contributed by atoms with Crippen molar-refractivity contribution in [1.82, 2.24) is 0 Å². The van der Waals surface area contributed by atoms with Crippen molar-refractivity contribution in [3.63, 3.8) is 0 Å². The van der Waals surface area contributed by atoms with E-state index in [9.17, 15) is 0 Å². The summed E-state index contributed by atoms with van der Waals surface area (Å²) in [5.74, 6) is 0.440. The van der Waals surface area contributed by atoms with Gasteiger partial charge in [-0.05, 0) is 5.92 Å². The second-order valence-corrected chi connectivity index (χ2v) is 1.88. The molecule has 0 unspecified atom stereocenters. The van der Waals surface area contributed by atoms with E-state index >= 15 is 0 Å². The highest BCUT2D eigenvalue weighted by molar-refractivity contribution is 7.85. The molecular formula is C5H11NOS. The zero-order chi connectivity index (χ0) is 6.99. The van der Waals surface area contributed by atoms with Crippen LogP contribution in [-0.4, -0.2) is 11.7 Å². The van der Waals surface area contributed by atoms with Crippen LogP contribution in [0.15, 0.2) is 0 Å². The Morgan fingerprint density at radius 3 is 1.88 bits per heavy atom. The molecule has 0 aliphatic rings. The molecule has 2 nitrogen and oxygen atoms in total. The molecule has 1 N–H and O–H groups in total. The predicted molar refractivity (Wildman–Crippen MR) is 36.5 cm³/mol. The summed E-state index contributed by atoms with van der Waals surface area (Å²) in [5, 5.41) is 16.8. The Balaban J connectivity index is 0. The van der Waals surface area contributed by atoms with E-state index in [-0.39, 0.29) is 0 Å². The maximum Gasteiger partial charge on any atom is 0.130 e. The van der Waals surface area contributed by atoms with Gasteiger partial charge in [-0.3, -0.25) is 0 Å². The molecule has 0 aromatic rings. The van der Waals surface area contributed by atoms with Gasteiger partial charge >= 0.3 is 0 Å². The van der Waals surface area contributed by atoms with Crippen molar-refractivity contribution < 1.29 is 5.11 Å². The summed E-state index contributed by atoms with van der Waals surface area (Å²) < 4.78 is 0. The minimum absolute atomic E-state index is 0.306. The molecule has 0 rings (SSSR count). The highest BCUT2D eigenvalue weighted by atomic mass is 32.1. The first kappa shape index (κ1) is 10.7. The highest BCUT2D eigenvalue weighted by Gasteiger charge is 1.81. The Labute approximate surface area is 55.5 Å². The molecule has 0 spiro atoms. The number of rotatable bonds is 1. The van der Waals surface area contributed by atoms with Crippen LogP contribution in [0.2, 0.25) is 0 Å². The molecule has 0 aromatic heterocycles. The predicted octanol–water partition coefficient (Wildman–Crippen LogP) is 1.03. The highest BCUT2D eigenvalue weighted by Crippen LogP contribution is 1.83. The van der Waals surface area contributed by atoms with Gasteiger partial charge in [0, 0.05) is 6.61 Å². The van der Waals surface area contributed by atoms with E-state index in [0.29, 0.717) is 12.5 Å². The molecule has 0 aliphatic heterocycles. The van der Waals surface area contributed by atoms with Gasteiger partial charge < -0.3 is 5.11 Å². The van der Waals surface area contributed by atoms with E-state index in [0.717, 1.165) is 0 Å². The zero-order valence-electron chi connectivity index (χ0n) is 5.13. The van der Waals surface area contributed by atoms with Gasteiger partial charge in [-0.1, -0.05) is 26.5 Å². The second kappa shape index (κ2) is 9.93. The second-order valence-electron chi connectivity index (χ2n) is 1.68. The normalized spacial score (nSPS) is 7.00. The molecule has 3 heteroatoms. The molecule has 8 heavy (non-hydrogen) atoms. The molecule has 0 bridgehead atoms. The Hall–Kier alpha value is -0.200. The number of aliphatic hydroxyl groups is 1. The fraction of sp³-hybridized carbons (Fsp3) is 0.800. The van der Waals surface area contributed by atoms with Crippen LogP contribution in [0.3, 0.4) is 0 Å². The number of nitriles is 1. The average molecular weight is 133 g/mol. The van der Waals surface area contributed by atoms with Gasteiger partial charge in [0.25, 0.3) is 0 Å². The van der Waals surface area contributed by atoms with Crippen LogP contribution in [0, 0.1) is 16.6 Å². The minimum Gasteiger partial charge on any atom is -0.396 e. The number of hydrogen-bond acceptors (Lipinski definition) is 3. The summed E-state index contributed by atoms with van der Waals surface area (Å²) in [5.41, 5.74) is 0. The lowest BCUT2D eigenvalue weighted by Crippen LogP contribution is -1.90. The number of thiol groups is 1. The average Bonchev–Trinajstić information content (AvgIpc) is 1.69. The third kappa shape index (κ3) is 41.2. The van der Waals surface area contributed by atoms with E-state index in [4.69, 9.17) is 10.4 Å². The standard InChI is InChI=1S/C4H10O.CHNS/c1-4(2)3-5;2-1-3/h4-5H,3H2,1-2H3;3H. The molecule has 0 aromatic carbocycles. The van der Waals surface area contributed by atoms with Crippen molar-refractivity contribution in [3.8, 4) is 5.40 Å². The van der Waals surface area contributed by atoms with Gasteiger partial charge in [-0.25, -0.2) is 0 Å². The van der Waals surface area contributed by atoms with Crippen LogP contribution >= 0.6 is 12.6 Å². The molecule has 0 aliphatic carbocycles. The van der Waals surface area contributed by atoms with E-state index in [1.54, 1.807) is 0 Å².